The average molecular weight is 456 g/mol. The third-order valence-electron chi connectivity index (χ3n) is 5.21. The van der Waals surface area contributed by atoms with Gasteiger partial charge < -0.3 is 5.32 Å². The minimum absolute atomic E-state index is 0.0655. The first-order chi connectivity index (χ1) is 13.8. The van der Waals surface area contributed by atoms with Gasteiger partial charge in [-0.1, -0.05) is 13.0 Å². The van der Waals surface area contributed by atoms with E-state index in [9.17, 15) is 13.2 Å². The Morgan fingerprint density at radius 2 is 2.03 bits per heavy atom. The van der Waals surface area contributed by atoms with Crippen molar-refractivity contribution in [2.75, 3.05) is 32.4 Å². The summed E-state index contributed by atoms with van der Waals surface area (Å²) in [6, 6.07) is 8.14. The second-order valence-corrected chi connectivity index (χ2v) is 11.6. The zero-order valence-corrected chi connectivity index (χ0v) is 19.3. The van der Waals surface area contributed by atoms with Gasteiger partial charge in [-0.2, -0.15) is 0 Å². The van der Waals surface area contributed by atoms with Crippen molar-refractivity contribution in [2.24, 2.45) is 5.92 Å². The van der Waals surface area contributed by atoms with Gasteiger partial charge in [0.05, 0.1) is 17.2 Å². The Morgan fingerprint density at radius 3 is 2.69 bits per heavy atom. The van der Waals surface area contributed by atoms with Crippen molar-refractivity contribution in [3.05, 3.63) is 44.3 Å². The van der Waals surface area contributed by atoms with Gasteiger partial charge in [0.2, 0.25) is 10.0 Å². The second-order valence-electron chi connectivity index (χ2n) is 7.64. The van der Waals surface area contributed by atoms with E-state index in [0.717, 1.165) is 30.1 Å². The van der Waals surface area contributed by atoms with Crippen LogP contribution in [0.5, 0.6) is 0 Å². The summed E-state index contributed by atoms with van der Waals surface area (Å²) in [4.78, 5) is 18.1. The maximum Gasteiger partial charge on any atom is 0.261 e. The van der Waals surface area contributed by atoms with Gasteiger partial charge in [-0.3, -0.25) is 9.69 Å². The summed E-state index contributed by atoms with van der Waals surface area (Å²) in [5.74, 6) is 0.704. The zero-order chi connectivity index (χ0) is 20.9. The number of thiophene rings is 2. The molecule has 0 saturated carbocycles. The summed E-state index contributed by atoms with van der Waals surface area (Å²) < 4.78 is 24.8. The van der Waals surface area contributed by atoms with E-state index in [1.807, 2.05) is 12.1 Å². The molecule has 0 bridgehead atoms. The molecule has 1 saturated heterocycles. The number of nitrogens with zero attached hydrogens (tertiary/aromatic N) is 1. The lowest BCUT2D eigenvalue weighted by atomic mass is 9.97. The molecule has 1 atom stereocenters. The summed E-state index contributed by atoms with van der Waals surface area (Å²) in [6.07, 6.45) is 4.12. The van der Waals surface area contributed by atoms with Crippen LogP contribution in [0.25, 0.3) is 0 Å². The minimum Gasteiger partial charge on any atom is -0.349 e. The summed E-state index contributed by atoms with van der Waals surface area (Å²) in [5.41, 5.74) is 0. The number of likely N-dealkylation sites (tertiary alicyclic amines) is 1. The van der Waals surface area contributed by atoms with Gasteiger partial charge >= 0.3 is 0 Å². The van der Waals surface area contributed by atoms with Crippen LogP contribution in [0.4, 0.5) is 0 Å². The van der Waals surface area contributed by atoms with Crippen LogP contribution in [0, 0.1) is 5.92 Å². The van der Waals surface area contributed by atoms with Crippen LogP contribution < -0.4 is 10.0 Å². The first-order valence-electron chi connectivity index (χ1n) is 9.91. The molecular formula is C20H29N3O3S3. The fourth-order valence-electron chi connectivity index (χ4n) is 3.50. The number of carbonyl (C=O) groups is 1. The molecule has 0 aromatic carbocycles. The van der Waals surface area contributed by atoms with Gasteiger partial charge in [0.1, 0.15) is 0 Å². The Hall–Kier alpha value is -1.26. The van der Waals surface area contributed by atoms with Gasteiger partial charge in [-0.15, -0.1) is 22.7 Å². The van der Waals surface area contributed by atoms with E-state index in [1.165, 1.54) is 29.1 Å². The Bertz CT molecular complexity index is 885. The van der Waals surface area contributed by atoms with Crippen LogP contribution >= 0.6 is 22.7 Å². The monoisotopic (exact) mass is 455 g/mol. The van der Waals surface area contributed by atoms with Crippen LogP contribution in [-0.4, -0.2) is 51.7 Å². The zero-order valence-electron chi connectivity index (χ0n) is 16.9. The molecule has 0 aliphatic carbocycles. The molecule has 2 N–H and O–H groups in total. The number of rotatable bonds is 9. The molecule has 29 heavy (non-hydrogen) atoms. The SMILES string of the molecule is CC1CCN([C@H](CNC(=O)c2ccc(CCNS(C)(=O)=O)s2)c2cccs2)CC1. The third kappa shape index (κ3) is 6.89. The number of carbonyl (C=O) groups excluding carboxylic acids is 1. The van der Waals surface area contributed by atoms with Crippen molar-refractivity contribution >= 4 is 38.6 Å². The lowest BCUT2D eigenvalue weighted by Crippen LogP contribution is -2.41. The highest BCUT2D eigenvalue weighted by Crippen LogP contribution is 2.29. The van der Waals surface area contributed by atoms with Crippen LogP contribution in [0.1, 0.15) is 45.2 Å². The Morgan fingerprint density at radius 1 is 1.28 bits per heavy atom. The molecule has 1 amide bonds. The molecular weight excluding hydrogens is 426 g/mol. The Balaban J connectivity index is 1.56. The molecule has 1 aliphatic heterocycles. The second kappa shape index (κ2) is 10.2. The van der Waals surface area contributed by atoms with Crippen molar-refractivity contribution in [2.45, 2.75) is 32.2 Å². The first kappa shape index (κ1) is 22.4. The number of nitrogens with one attached hydrogen (secondary N) is 2. The number of amides is 1. The molecule has 0 radical (unpaired) electrons. The number of hydrogen-bond donors (Lipinski definition) is 2. The van der Waals surface area contributed by atoms with Gasteiger partial charge in [0, 0.05) is 22.8 Å². The number of sulfonamides is 1. The maximum atomic E-state index is 12.7. The maximum absolute atomic E-state index is 12.7. The predicted molar refractivity (Wildman–Crippen MR) is 120 cm³/mol. The topological polar surface area (TPSA) is 78.5 Å². The van der Waals surface area contributed by atoms with Crippen molar-refractivity contribution in [1.29, 1.82) is 0 Å². The summed E-state index contributed by atoms with van der Waals surface area (Å²) in [5, 5.41) is 5.20. The fourth-order valence-corrected chi connectivity index (χ4v) is 5.76. The van der Waals surface area contributed by atoms with Crippen molar-refractivity contribution in [1.82, 2.24) is 14.9 Å². The quantitative estimate of drug-likeness (QED) is 0.609. The van der Waals surface area contributed by atoms with E-state index in [-0.39, 0.29) is 11.9 Å². The van der Waals surface area contributed by atoms with Crippen LogP contribution in [0.3, 0.4) is 0 Å². The van der Waals surface area contributed by atoms with Gasteiger partial charge in [0.25, 0.3) is 5.91 Å². The molecule has 3 heterocycles. The third-order valence-corrected chi connectivity index (χ3v) is 8.05. The summed E-state index contributed by atoms with van der Waals surface area (Å²) in [6.45, 7) is 5.37. The highest BCUT2D eigenvalue weighted by molar-refractivity contribution is 7.88. The van der Waals surface area contributed by atoms with E-state index < -0.39 is 10.0 Å². The molecule has 0 spiro atoms. The van der Waals surface area contributed by atoms with Crippen molar-refractivity contribution in [3.8, 4) is 0 Å². The highest BCUT2D eigenvalue weighted by atomic mass is 32.2. The summed E-state index contributed by atoms with van der Waals surface area (Å²) in [7, 11) is -3.19. The lowest BCUT2D eigenvalue weighted by molar-refractivity contribution is 0.0919. The highest BCUT2D eigenvalue weighted by Gasteiger charge is 2.26. The van der Waals surface area contributed by atoms with E-state index >= 15 is 0 Å². The first-order valence-corrected chi connectivity index (χ1v) is 13.5. The van der Waals surface area contributed by atoms with Gasteiger partial charge in [-0.25, -0.2) is 13.1 Å². The van der Waals surface area contributed by atoms with Gasteiger partial charge in [-0.05, 0) is 61.8 Å². The molecule has 3 rings (SSSR count). The molecule has 6 nitrogen and oxygen atoms in total. The molecule has 9 heteroatoms. The molecule has 1 fully saturated rings. The standard InChI is InChI=1S/C20H29N3O3S3/c1-15-8-11-23(12-9-15)17(18-4-3-13-27-18)14-21-20(24)19-6-5-16(28-19)7-10-22-29(2,25)26/h3-6,13,15,17,22H,7-12,14H2,1-2H3,(H,21,24)/t17-/m1/s1. The Labute approximate surface area is 181 Å². The van der Waals surface area contributed by atoms with Crippen LogP contribution in [0.2, 0.25) is 0 Å². The van der Waals surface area contributed by atoms with Crippen LogP contribution in [0.15, 0.2) is 29.6 Å². The van der Waals surface area contributed by atoms with E-state index in [1.54, 1.807) is 11.3 Å². The van der Waals surface area contributed by atoms with E-state index in [4.69, 9.17) is 0 Å². The lowest BCUT2D eigenvalue weighted by Gasteiger charge is -2.36. The Kier molecular flexibility index (Phi) is 7.86. The smallest absolute Gasteiger partial charge is 0.261 e. The molecule has 1 aliphatic rings. The van der Waals surface area contributed by atoms with E-state index in [2.05, 4.69) is 39.4 Å². The predicted octanol–water partition coefficient (Wildman–Crippen LogP) is 3.10. The van der Waals surface area contributed by atoms with E-state index in [0.29, 0.717) is 24.4 Å². The van der Waals surface area contributed by atoms with Crippen molar-refractivity contribution in [3.63, 3.8) is 0 Å². The molecule has 2 aromatic heterocycles. The normalized spacial score (nSPS) is 17.3. The largest absolute Gasteiger partial charge is 0.349 e. The average Bonchev–Trinajstić information content (AvgIpc) is 3.34. The minimum atomic E-state index is -3.19. The summed E-state index contributed by atoms with van der Waals surface area (Å²) >= 11 is 3.16. The van der Waals surface area contributed by atoms with Gasteiger partial charge in [0.15, 0.2) is 0 Å². The fraction of sp³-hybridized carbons (Fsp3) is 0.550. The molecule has 0 unspecified atom stereocenters. The number of piperidine rings is 1. The molecule has 2 aromatic rings. The van der Waals surface area contributed by atoms with Crippen LogP contribution in [-0.2, 0) is 16.4 Å². The number of hydrogen-bond acceptors (Lipinski definition) is 6. The van der Waals surface area contributed by atoms with Crippen molar-refractivity contribution < 1.29 is 13.2 Å². The molecule has 160 valence electrons.